The van der Waals surface area contributed by atoms with Crippen LogP contribution in [0.2, 0.25) is 0 Å². The Morgan fingerprint density at radius 2 is 2.24 bits per heavy atom. The van der Waals surface area contributed by atoms with E-state index in [4.69, 9.17) is 4.74 Å². The molecule has 114 valence electrons. The van der Waals surface area contributed by atoms with Crippen molar-refractivity contribution in [2.45, 2.75) is 24.9 Å². The van der Waals surface area contributed by atoms with E-state index in [-0.39, 0.29) is 25.5 Å². The Labute approximate surface area is 125 Å². The minimum atomic E-state index is -1.40. The van der Waals surface area contributed by atoms with Crippen molar-refractivity contribution in [3.63, 3.8) is 0 Å². The number of carboxylic acid groups (broad SMARTS) is 1. The molecule has 0 aromatic carbocycles. The smallest absolute Gasteiger partial charge is 0.331 e. The fraction of sp³-hybridized carbons (Fsp3) is 0.462. The second kappa shape index (κ2) is 6.23. The van der Waals surface area contributed by atoms with E-state index in [0.717, 1.165) is 0 Å². The summed E-state index contributed by atoms with van der Waals surface area (Å²) in [6, 6.07) is 2.55. The zero-order valence-corrected chi connectivity index (χ0v) is 12.2. The summed E-state index contributed by atoms with van der Waals surface area (Å²) in [7, 11) is 0. The van der Waals surface area contributed by atoms with Gasteiger partial charge in [-0.3, -0.25) is 9.59 Å². The molecule has 0 radical (unpaired) electrons. The van der Waals surface area contributed by atoms with Crippen LogP contribution in [-0.2, 0) is 14.3 Å². The molecular weight excluding hydrogens is 296 g/mol. The Morgan fingerprint density at radius 1 is 1.48 bits per heavy atom. The third-order valence-electron chi connectivity index (χ3n) is 3.28. The minimum absolute atomic E-state index is 0.0698. The van der Waals surface area contributed by atoms with Crippen LogP contribution in [0, 0.1) is 0 Å². The Bertz CT molecular complexity index is 537. The van der Waals surface area contributed by atoms with Gasteiger partial charge in [-0.15, -0.1) is 11.3 Å². The highest BCUT2D eigenvalue weighted by Crippen LogP contribution is 2.19. The summed E-state index contributed by atoms with van der Waals surface area (Å²) in [4.78, 5) is 35.7. The first-order chi connectivity index (χ1) is 9.94. The third kappa shape index (κ3) is 3.40. The molecule has 3 N–H and O–H groups in total. The molecule has 2 heterocycles. The number of aliphatic carboxylic acids is 1. The SMILES string of the molecule is CC(NC(=O)c1cccs1)C(=O)NC1(C(=O)O)CCOC1. The van der Waals surface area contributed by atoms with E-state index < -0.39 is 23.5 Å². The fourth-order valence-corrected chi connectivity index (χ4v) is 2.60. The lowest BCUT2D eigenvalue weighted by Gasteiger charge is -2.25. The lowest BCUT2D eigenvalue weighted by molar-refractivity contribution is -0.147. The molecule has 2 atom stereocenters. The number of nitrogens with one attached hydrogen (secondary N) is 2. The van der Waals surface area contributed by atoms with Gasteiger partial charge < -0.3 is 20.5 Å². The van der Waals surface area contributed by atoms with E-state index in [2.05, 4.69) is 10.6 Å². The van der Waals surface area contributed by atoms with Gasteiger partial charge in [0.2, 0.25) is 5.91 Å². The number of carboxylic acids is 1. The zero-order chi connectivity index (χ0) is 15.5. The summed E-state index contributed by atoms with van der Waals surface area (Å²) in [6.07, 6.45) is 0.208. The first kappa shape index (κ1) is 15.5. The highest BCUT2D eigenvalue weighted by atomic mass is 32.1. The maximum absolute atomic E-state index is 12.1. The minimum Gasteiger partial charge on any atom is -0.479 e. The van der Waals surface area contributed by atoms with E-state index in [1.54, 1.807) is 17.5 Å². The van der Waals surface area contributed by atoms with Crippen LogP contribution in [0.25, 0.3) is 0 Å². The second-order valence-corrected chi connectivity index (χ2v) is 5.80. The topological polar surface area (TPSA) is 105 Å². The van der Waals surface area contributed by atoms with Crippen LogP contribution in [0.5, 0.6) is 0 Å². The first-order valence-electron chi connectivity index (χ1n) is 6.42. The van der Waals surface area contributed by atoms with Crippen molar-refractivity contribution >= 4 is 29.1 Å². The van der Waals surface area contributed by atoms with Crippen molar-refractivity contribution in [1.82, 2.24) is 10.6 Å². The van der Waals surface area contributed by atoms with Crippen molar-refractivity contribution in [3.8, 4) is 0 Å². The molecular formula is C13H16N2O5S. The number of amides is 2. The van der Waals surface area contributed by atoms with E-state index in [1.165, 1.54) is 18.3 Å². The molecule has 1 aromatic heterocycles. The summed E-state index contributed by atoms with van der Waals surface area (Å²) in [5.41, 5.74) is -1.40. The first-order valence-corrected chi connectivity index (χ1v) is 7.30. The van der Waals surface area contributed by atoms with E-state index in [0.29, 0.717) is 4.88 Å². The zero-order valence-electron chi connectivity index (χ0n) is 11.4. The Kier molecular flexibility index (Phi) is 4.59. The monoisotopic (exact) mass is 312 g/mol. The van der Waals surface area contributed by atoms with E-state index in [9.17, 15) is 19.5 Å². The Balaban J connectivity index is 1.96. The maximum atomic E-state index is 12.1. The third-order valence-corrected chi connectivity index (χ3v) is 4.15. The van der Waals surface area contributed by atoms with Crippen molar-refractivity contribution in [2.75, 3.05) is 13.2 Å². The molecule has 1 aliphatic heterocycles. The molecule has 1 fully saturated rings. The molecule has 1 aliphatic rings. The van der Waals surface area contributed by atoms with Crippen molar-refractivity contribution < 1.29 is 24.2 Å². The van der Waals surface area contributed by atoms with Crippen LogP contribution in [0.3, 0.4) is 0 Å². The average Bonchev–Trinajstić information content (AvgIpc) is 3.10. The number of carbonyl (C=O) groups excluding carboxylic acids is 2. The Morgan fingerprint density at radius 3 is 2.76 bits per heavy atom. The summed E-state index contributed by atoms with van der Waals surface area (Å²) in [5.74, 6) is -2.04. The van der Waals surface area contributed by atoms with Gasteiger partial charge in [0, 0.05) is 13.0 Å². The number of thiophene rings is 1. The summed E-state index contributed by atoms with van der Waals surface area (Å²) in [5, 5.41) is 16.0. The fourth-order valence-electron chi connectivity index (χ4n) is 1.97. The largest absolute Gasteiger partial charge is 0.479 e. The number of carbonyl (C=O) groups is 3. The van der Waals surface area contributed by atoms with Crippen LogP contribution in [0.15, 0.2) is 17.5 Å². The van der Waals surface area contributed by atoms with Gasteiger partial charge in [-0.25, -0.2) is 4.79 Å². The van der Waals surface area contributed by atoms with Crippen LogP contribution in [0.1, 0.15) is 23.0 Å². The van der Waals surface area contributed by atoms with Gasteiger partial charge in [-0.05, 0) is 18.4 Å². The van der Waals surface area contributed by atoms with Crippen molar-refractivity contribution in [1.29, 1.82) is 0 Å². The molecule has 7 nitrogen and oxygen atoms in total. The highest BCUT2D eigenvalue weighted by molar-refractivity contribution is 7.12. The molecule has 2 unspecified atom stereocenters. The molecule has 2 amide bonds. The van der Waals surface area contributed by atoms with Gasteiger partial charge in [0.25, 0.3) is 5.91 Å². The lowest BCUT2D eigenvalue weighted by atomic mass is 9.98. The number of ether oxygens (including phenoxy) is 1. The van der Waals surface area contributed by atoms with Gasteiger partial charge in [-0.1, -0.05) is 6.07 Å². The summed E-state index contributed by atoms with van der Waals surface area (Å²) >= 11 is 1.26. The van der Waals surface area contributed by atoms with Gasteiger partial charge in [0.15, 0.2) is 5.54 Å². The number of rotatable bonds is 5. The molecule has 0 aliphatic carbocycles. The summed E-state index contributed by atoms with van der Waals surface area (Å²) in [6.45, 7) is 1.72. The molecule has 0 spiro atoms. The van der Waals surface area contributed by atoms with E-state index >= 15 is 0 Å². The van der Waals surface area contributed by atoms with Gasteiger partial charge in [0.05, 0.1) is 11.5 Å². The van der Waals surface area contributed by atoms with Crippen LogP contribution < -0.4 is 10.6 Å². The molecule has 2 rings (SSSR count). The normalized spacial score (nSPS) is 22.5. The van der Waals surface area contributed by atoms with Gasteiger partial charge >= 0.3 is 5.97 Å². The number of hydrogen-bond acceptors (Lipinski definition) is 5. The van der Waals surface area contributed by atoms with E-state index in [1.807, 2.05) is 0 Å². The predicted molar refractivity (Wildman–Crippen MR) is 75.2 cm³/mol. The van der Waals surface area contributed by atoms with Gasteiger partial charge in [-0.2, -0.15) is 0 Å². The molecule has 1 saturated heterocycles. The van der Waals surface area contributed by atoms with Crippen LogP contribution >= 0.6 is 11.3 Å². The highest BCUT2D eigenvalue weighted by Gasteiger charge is 2.44. The van der Waals surface area contributed by atoms with Gasteiger partial charge in [0.1, 0.15) is 6.04 Å². The van der Waals surface area contributed by atoms with Crippen LogP contribution in [-0.4, -0.2) is 47.7 Å². The summed E-state index contributed by atoms with van der Waals surface area (Å²) < 4.78 is 5.06. The lowest BCUT2D eigenvalue weighted by Crippen LogP contribution is -2.59. The molecule has 8 heteroatoms. The molecule has 21 heavy (non-hydrogen) atoms. The average molecular weight is 312 g/mol. The molecule has 0 saturated carbocycles. The number of hydrogen-bond donors (Lipinski definition) is 3. The molecule has 0 bridgehead atoms. The van der Waals surface area contributed by atoms with Crippen molar-refractivity contribution in [2.24, 2.45) is 0 Å². The van der Waals surface area contributed by atoms with Crippen LogP contribution in [0.4, 0.5) is 0 Å². The van der Waals surface area contributed by atoms with Crippen molar-refractivity contribution in [3.05, 3.63) is 22.4 Å². The molecule has 1 aromatic rings. The standard InChI is InChI=1S/C13H16N2O5S/c1-8(14-11(17)9-3-2-6-21-9)10(16)15-13(12(18)19)4-5-20-7-13/h2-3,6,8H,4-5,7H2,1H3,(H,14,17)(H,15,16)(H,18,19). The quantitative estimate of drug-likeness (QED) is 0.722. The maximum Gasteiger partial charge on any atom is 0.331 e. The Hall–Kier alpha value is -1.93. The second-order valence-electron chi connectivity index (χ2n) is 4.85. The predicted octanol–water partition coefficient (Wildman–Crippen LogP) is 0.226.